The zero-order chi connectivity index (χ0) is 25.2. The second kappa shape index (κ2) is 12.5. The molecule has 0 heteroatoms. The lowest BCUT2D eigenvalue weighted by Crippen LogP contribution is -1.85. The Balaban J connectivity index is 0.000000170. The lowest BCUT2D eigenvalue weighted by Gasteiger charge is -2.11. The van der Waals surface area contributed by atoms with Gasteiger partial charge in [-0.05, 0) is 62.9 Å². The summed E-state index contributed by atoms with van der Waals surface area (Å²) in [6, 6.07) is 38.9. The van der Waals surface area contributed by atoms with Crippen LogP contribution in [0.3, 0.4) is 0 Å². The van der Waals surface area contributed by atoms with Gasteiger partial charge in [-0.15, -0.1) is 13.2 Å². The van der Waals surface area contributed by atoms with E-state index >= 15 is 0 Å². The third-order valence-electron chi connectivity index (χ3n) is 5.91. The molecule has 6 aromatic carbocycles. The lowest BCUT2D eigenvalue weighted by molar-refractivity contribution is 1.09. The molecule has 0 fully saturated rings. The van der Waals surface area contributed by atoms with Crippen LogP contribution in [0, 0.1) is 13.8 Å². The van der Waals surface area contributed by atoms with E-state index in [-0.39, 0.29) is 0 Å². The second-order valence-electron chi connectivity index (χ2n) is 8.68. The van der Waals surface area contributed by atoms with E-state index in [1.54, 1.807) is 0 Å². The number of hydrogen-bond donors (Lipinski definition) is 0. The van der Waals surface area contributed by atoms with Crippen LogP contribution >= 0.6 is 0 Å². The van der Waals surface area contributed by atoms with Crippen LogP contribution in [0.1, 0.15) is 31.4 Å². The van der Waals surface area contributed by atoms with Crippen LogP contribution in [-0.2, 0) is 0 Å². The number of benzene rings is 6. The van der Waals surface area contributed by atoms with Gasteiger partial charge in [-0.3, -0.25) is 0 Å². The Bertz CT molecular complexity index is 1440. The summed E-state index contributed by atoms with van der Waals surface area (Å²) in [6.45, 7) is 14.5. The van der Waals surface area contributed by atoms with Crippen LogP contribution in [0.5, 0.6) is 0 Å². The lowest BCUT2D eigenvalue weighted by atomic mass is 9.92. The number of aryl methyl sites for hydroxylation is 2. The van der Waals surface area contributed by atoms with E-state index in [2.05, 4.69) is 144 Å². The van der Waals surface area contributed by atoms with Crippen molar-refractivity contribution in [3.63, 3.8) is 0 Å². The molecule has 0 aliphatic carbocycles. The summed E-state index contributed by atoms with van der Waals surface area (Å²) in [6.07, 6.45) is 1.25. The molecule has 0 radical (unpaired) electrons. The molecule has 0 amide bonds. The van der Waals surface area contributed by atoms with Crippen molar-refractivity contribution in [1.82, 2.24) is 0 Å². The van der Waals surface area contributed by atoms with Gasteiger partial charge in [0, 0.05) is 0 Å². The fourth-order valence-electron chi connectivity index (χ4n) is 4.26. The van der Waals surface area contributed by atoms with Crippen LogP contribution in [0.15, 0.2) is 122 Å². The van der Waals surface area contributed by atoms with Crippen LogP contribution in [0.2, 0.25) is 0 Å². The van der Waals surface area contributed by atoms with Crippen molar-refractivity contribution in [3.05, 3.63) is 133 Å². The molecule has 6 rings (SSSR count). The SMILES string of the molecule is C=C.CCC.Cc1ccc(-c2ccccc2)cc1.Cc1ccc2ccc3cccc4ccc1c2c34. The van der Waals surface area contributed by atoms with Gasteiger partial charge in [0.1, 0.15) is 0 Å². The van der Waals surface area contributed by atoms with Crippen LogP contribution in [-0.4, -0.2) is 0 Å². The average Bonchev–Trinajstić information content (AvgIpc) is 2.91. The van der Waals surface area contributed by atoms with E-state index in [0.717, 1.165) is 0 Å². The molecule has 0 aliphatic heterocycles. The van der Waals surface area contributed by atoms with Gasteiger partial charge in [0.2, 0.25) is 0 Å². The first-order valence-electron chi connectivity index (χ1n) is 12.4. The van der Waals surface area contributed by atoms with Crippen molar-refractivity contribution in [1.29, 1.82) is 0 Å². The standard InChI is InChI=1S/C17H12.C13H12.C3H8.C2H4/c1-11-5-6-14-8-7-12-3-2-4-13-9-10-15(11)17(14)16(12)13;1-11-7-9-13(10-8-11)12-5-3-2-4-6-12;1-3-2;1-2/h2-10H,1H3;2-10H,1H3;3H2,1-2H3;1-2H2. The van der Waals surface area contributed by atoms with Crippen molar-refractivity contribution in [2.45, 2.75) is 34.1 Å². The molecule has 0 nitrogen and oxygen atoms in total. The normalized spacial score (nSPS) is 10.1. The van der Waals surface area contributed by atoms with E-state index in [4.69, 9.17) is 0 Å². The molecule has 0 unspecified atom stereocenters. The minimum atomic E-state index is 1.25. The largest absolute Gasteiger partial charge is 0.106 e. The molecular formula is C35H36. The van der Waals surface area contributed by atoms with Crippen molar-refractivity contribution in [3.8, 4) is 11.1 Å². The predicted molar refractivity (Wildman–Crippen MR) is 159 cm³/mol. The molecule has 176 valence electrons. The Morgan fingerprint density at radius 3 is 1.57 bits per heavy atom. The Morgan fingerprint density at radius 2 is 0.971 bits per heavy atom. The predicted octanol–water partition coefficient (Wildman–Crippen LogP) is 10.8. The average molecular weight is 457 g/mol. The summed E-state index contributed by atoms with van der Waals surface area (Å²) in [4.78, 5) is 0. The molecule has 0 saturated heterocycles. The van der Waals surface area contributed by atoms with E-state index in [9.17, 15) is 0 Å². The number of hydrogen-bond acceptors (Lipinski definition) is 0. The summed E-state index contributed by atoms with van der Waals surface area (Å²) < 4.78 is 0. The quantitative estimate of drug-likeness (QED) is 0.170. The Kier molecular flexibility index (Phi) is 9.21. The smallest absolute Gasteiger partial charge is 0.00241 e. The molecule has 0 bridgehead atoms. The summed E-state index contributed by atoms with van der Waals surface area (Å²) in [5, 5.41) is 8.23. The Morgan fingerprint density at radius 1 is 0.486 bits per heavy atom. The highest BCUT2D eigenvalue weighted by atomic mass is 14.1. The van der Waals surface area contributed by atoms with E-state index in [0.29, 0.717) is 0 Å². The third-order valence-corrected chi connectivity index (χ3v) is 5.91. The van der Waals surface area contributed by atoms with E-state index in [1.165, 1.54) is 61.0 Å². The minimum absolute atomic E-state index is 1.25. The molecule has 0 saturated carbocycles. The first kappa shape index (κ1) is 25.7. The zero-order valence-electron chi connectivity index (χ0n) is 21.5. The van der Waals surface area contributed by atoms with Crippen molar-refractivity contribution in [2.75, 3.05) is 0 Å². The molecule has 0 atom stereocenters. The number of rotatable bonds is 1. The van der Waals surface area contributed by atoms with Gasteiger partial charge in [-0.2, -0.15) is 0 Å². The minimum Gasteiger partial charge on any atom is -0.106 e. The summed E-state index contributed by atoms with van der Waals surface area (Å²) >= 11 is 0. The highest BCUT2D eigenvalue weighted by Crippen LogP contribution is 2.35. The fourth-order valence-corrected chi connectivity index (χ4v) is 4.26. The maximum absolute atomic E-state index is 3.00. The van der Waals surface area contributed by atoms with E-state index in [1.807, 2.05) is 6.07 Å². The molecule has 0 aliphatic rings. The van der Waals surface area contributed by atoms with Crippen molar-refractivity contribution < 1.29 is 0 Å². The molecule has 0 N–H and O–H groups in total. The van der Waals surface area contributed by atoms with Gasteiger partial charge < -0.3 is 0 Å². The Labute approximate surface area is 210 Å². The van der Waals surface area contributed by atoms with Crippen LogP contribution < -0.4 is 0 Å². The van der Waals surface area contributed by atoms with Gasteiger partial charge >= 0.3 is 0 Å². The summed E-state index contributed by atoms with van der Waals surface area (Å²) in [7, 11) is 0. The highest BCUT2D eigenvalue weighted by molar-refractivity contribution is 6.23. The maximum atomic E-state index is 3.00. The first-order valence-corrected chi connectivity index (χ1v) is 12.4. The van der Waals surface area contributed by atoms with Gasteiger partial charge in [-0.25, -0.2) is 0 Å². The molecule has 0 aromatic heterocycles. The van der Waals surface area contributed by atoms with Crippen LogP contribution in [0.25, 0.3) is 43.4 Å². The van der Waals surface area contributed by atoms with Crippen molar-refractivity contribution >= 4 is 32.3 Å². The molecule has 0 spiro atoms. The first-order chi connectivity index (χ1) is 17.1. The van der Waals surface area contributed by atoms with Gasteiger partial charge in [0.15, 0.2) is 0 Å². The molecule has 35 heavy (non-hydrogen) atoms. The van der Waals surface area contributed by atoms with Crippen molar-refractivity contribution in [2.24, 2.45) is 0 Å². The van der Waals surface area contributed by atoms with Gasteiger partial charge in [0.05, 0.1) is 0 Å². The third kappa shape index (κ3) is 5.97. The highest BCUT2D eigenvalue weighted by Gasteiger charge is 2.08. The second-order valence-corrected chi connectivity index (χ2v) is 8.68. The Hall–Kier alpha value is -3.90. The van der Waals surface area contributed by atoms with Crippen LogP contribution in [0.4, 0.5) is 0 Å². The van der Waals surface area contributed by atoms with Gasteiger partial charge in [0.25, 0.3) is 0 Å². The summed E-state index contributed by atoms with van der Waals surface area (Å²) in [5.74, 6) is 0. The topological polar surface area (TPSA) is 0 Å². The molecule has 0 heterocycles. The molecule has 6 aromatic rings. The fraction of sp³-hybridized carbons (Fsp3) is 0.143. The molecular weight excluding hydrogens is 420 g/mol. The van der Waals surface area contributed by atoms with Gasteiger partial charge in [-0.1, -0.05) is 135 Å². The monoisotopic (exact) mass is 456 g/mol. The summed E-state index contributed by atoms with van der Waals surface area (Å²) in [5.41, 5.74) is 5.23. The maximum Gasteiger partial charge on any atom is -0.00241 e. The zero-order valence-corrected chi connectivity index (χ0v) is 21.5. The van der Waals surface area contributed by atoms with E-state index < -0.39 is 0 Å².